The van der Waals surface area contributed by atoms with Gasteiger partial charge in [-0.2, -0.15) is 13.2 Å². The molecule has 0 aliphatic carbocycles. The Morgan fingerprint density at radius 2 is 1.95 bits per heavy atom. The number of alkyl halides is 3. The zero-order valence-electron chi connectivity index (χ0n) is 9.75. The molecule has 0 radical (unpaired) electrons. The van der Waals surface area contributed by atoms with Gasteiger partial charge in [-0.05, 0) is 30.2 Å². The fourth-order valence-electron chi connectivity index (χ4n) is 1.42. The van der Waals surface area contributed by atoms with E-state index in [1.807, 2.05) is 0 Å². The normalized spacial score (nSPS) is 13.2. The molecule has 0 atom stereocenters. The average molecular weight is 328 g/mol. The third-order valence-corrected chi connectivity index (χ3v) is 3.40. The second-order valence-electron chi connectivity index (χ2n) is 3.64. The smallest absolute Gasteiger partial charge is 0.295 e. The second-order valence-corrected chi connectivity index (χ2v) is 5.10. The first kappa shape index (κ1) is 16.4. The molecule has 0 saturated carbocycles. The zero-order chi connectivity index (χ0) is 14.6. The summed E-state index contributed by atoms with van der Waals surface area (Å²) in [5.74, 6) is 0. The minimum atomic E-state index is -4.78. The highest BCUT2D eigenvalue weighted by Crippen LogP contribution is 2.28. The van der Waals surface area contributed by atoms with Crippen LogP contribution in [0.3, 0.4) is 0 Å². The molecule has 0 saturated heterocycles. The fraction of sp³-hybridized carbons (Fsp3) is 0.182. The third kappa shape index (κ3) is 4.17. The summed E-state index contributed by atoms with van der Waals surface area (Å²) in [5, 5.41) is 6.47. The van der Waals surface area contributed by atoms with E-state index < -0.39 is 16.9 Å². The van der Waals surface area contributed by atoms with E-state index in [0.717, 1.165) is 16.5 Å². The molecule has 1 aromatic carbocycles. The zero-order valence-corrected chi connectivity index (χ0v) is 12.2. The molecule has 3 N–H and O–H groups in total. The highest BCUT2D eigenvalue weighted by atomic mass is 35.5. The Balaban J connectivity index is 3.35. The number of nitrogens with two attached hydrogens (primary N) is 1. The first-order valence-corrected chi connectivity index (χ1v) is 7.35. The number of halogens is 4. The first-order valence-electron chi connectivity index (χ1n) is 5.04. The van der Waals surface area contributed by atoms with Crippen molar-refractivity contribution in [2.75, 3.05) is 0 Å². The number of benzene rings is 1. The molecule has 0 bridgehead atoms. The van der Waals surface area contributed by atoms with Gasteiger partial charge >= 0.3 is 6.18 Å². The Morgan fingerprint density at radius 1 is 1.37 bits per heavy atom. The van der Waals surface area contributed by atoms with Gasteiger partial charge in [0.05, 0.1) is 0 Å². The molecule has 0 aromatic heterocycles. The summed E-state index contributed by atoms with van der Waals surface area (Å²) >= 11 is 9.62. The Hall–Kier alpha value is -0.630. The standard InChI is InChI=1S/C11H10ClF3N2S2/c1-6-4-2-3-5-7(6)9(17-19-18)8(12)10(16)11(13,14)15/h2-5,16-18H,1H3/p+1. The Labute approximate surface area is 122 Å². The summed E-state index contributed by atoms with van der Waals surface area (Å²) in [5.41, 5.74) is -0.111. The number of quaternary nitrogens is 1. The van der Waals surface area contributed by atoms with Crippen molar-refractivity contribution in [2.24, 2.45) is 0 Å². The van der Waals surface area contributed by atoms with Gasteiger partial charge in [-0.25, -0.2) is 4.72 Å². The SMILES string of the molecule is Cc1ccccc1C([NH2+]SS)=C(Cl)C(=N)C(F)(F)F. The number of thiol groups is 1. The minimum absolute atomic E-state index is 0.141. The van der Waals surface area contributed by atoms with Crippen molar-refractivity contribution in [3.63, 3.8) is 0 Å². The van der Waals surface area contributed by atoms with Crippen molar-refractivity contribution < 1.29 is 17.9 Å². The molecule has 104 valence electrons. The number of aryl methyl sites for hydroxylation is 1. The van der Waals surface area contributed by atoms with E-state index in [9.17, 15) is 13.2 Å². The quantitative estimate of drug-likeness (QED) is 0.337. The van der Waals surface area contributed by atoms with Crippen molar-refractivity contribution >= 4 is 45.7 Å². The largest absolute Gasteiger partial charge is 0.434 e. The van der Waals surface area contributed by atoms with Crippen LogP contribution >= 0.6 is 34.2 Å². The minimum Gasteiger partial charge on any atom is -0.295 e. The Kier molecular flexibility index (Phi) is 5.79. The van der Waals surface area contributed by atoms with Crippen LogP contribution in [0.4, 0.5) is 13.2 Å². The first-order chi connectivity index (χ1) is 8.79. The van der Waals surface area contributed by atoms with Crippen molar-refractivity contribution in [3.8, 4) is 0 Å². The predicted molar refractivity (Wildman–Crippen MR) is 76.2 cm³/mol. The third-order valence-electron chi connectivity index (χ3n) is 2.35. The molecule has 8 heteroatoms. The van der Waals surface area contributed by atoms with Gasteiger partial charge in [-0.15, -0.1) is 0 Å². The van der Waals surface area contributed by atoms with Gasteiger partial charge in [0.2, 0.25) is 0 Å². The van der Waals surface area contributed by atoms with Crippen LogP contribution < -0.4 is 4.72 Å². The lowest BCUT2D eigenvalue weighted by Gasteiger charge is -2.11. The lowest BCUT2D eigenvalue weighted by molar-refractivity contribution is -0.363. The second kappa shape index (κ2) is 6.69. The maximum Gasteiger partial charge on any atom is 0.434 e. The van der Waals surface area contributed by atoms with Crippen LogP contribution in [0.1, 0.15) is 11.1 Å². The van der Waals surface area contributed by atoms with E-state index in [4.69, 9.17) is 17.0 Å². The van der Waals surface area contributed by atoms with Crippen LogP contribution in [-0.4, -0.2) is 11.9 Å². The van der Waals surface area contributed by atoms with E-state index in [2.05, 4.69) is 11.7 Å². The van der Waals surface area contributed by atoms with Crippen molar-refractivity contribution in [1.29, 1.82) is 5.41 Å². The topological polar surface area (TPSA) is 40.5 Å². The molecule has 0 amide bonds. The summed E-state index contributed by atoms with van der Waals surface area (Å²) in [6.45, 7) is 1.76. The van der Waals surface area contributed by atoms with Crippen LogP contribution in [0, 0.1) is 12.3 Å². The summed E-state index contributed by atoms with van der Waals surface area (Å²) in [4.78, 5) is 0. The van der Waals surface area contributed by atoms with Gasteiger partial charge in [0.25, 0.3) is 0 Å². The predicted octanol–water partition coefficient (Wildman–Crippen LogP) is 3.54. The van der Waals surface area contributed by atoms with Gasteiger partial charge in [0, 0.05) is 5.56 Å². The van der Waals surface area contributed by atoms with Crippen molar-refractivity contribution in [3.05, 3.63) is 40.4 Å². The molecule has 0 aliphatic heterocycles. The summed E-state index contributed by atoms with van der Waals surface area (Å²) in [7, 11) is 0.933. The number of allylic oxidation sites excluding steroid dienone is 1. The van der Waals surface area contributed by atoms with E-state index in [1.165, 1.54) is 4.72 Å². The number of hydrogen-bond acceptors (Lipinski definition) is 3. The van der Waals surface area contributed by atoms with E-state index in [0.29, 0.717) is 5.56 Å². The van der Waals surface area contributed by atoms with Gasteiger partial charge in [-0.3, -0.25) is 5.41 Å². The molecule has 0 heterocycles. The molecule has 1 rings (SSSR count). The van der Waals surface area contributed by atoms with Crippen LogP contribution in [-0.2, 0) is 0 Å². The van der Waals surface area contributed by atoms with E-state index in [-0.39, 0.29) is 5.70 Å². The molecule has 19 heavy (non-hydrogen) atoms. The van der Waals surface area contributed by atoms with Crippen LogP contribution in [0.2, 0.25) is 0 Å². The number of rotatable bonds is 4. The number of nitrogens with one attached hydrogen (secondary N) is 1. The highest BCUT2D eigenvalue weighted by molar-refractivity contribution is 8.65. The molecule has 2 nitrogen and oxygen atoms in total. The van der Waals surface area contributed by atoms with Crippen LogP contribution in [0.25, 0.3) is 5.70 Å². The number of hydrogen-bond donors (Lipinski definition) is 3. The molecule has 1 aromatic rings. The van der Waals surface area contributed by atoms with Gasteiger partial charge in [0.1, 0.15) is 16.0 Å². The Morgan fingerprint density at radius 3 is 2.42 bits per heavy atom. The summed E-state index contributed by atoms with van der Waals surface area (Å²) in [6, 6.07) is 6.87. The van der Waals surface area contributed by atoms with Gasteiger partial charge < -0.3 is 0 Å². The summed E-state index contributed by atoms with van der Waals surface area (Å²) in [6.07, 6.45) is -4.78. The molecule has 0 aliphatic rings. The van der Waals surface area contributed by atoms with Crippen LogP contribution in [0.5, 0.6) is 0 Å². The maximum atomic E-state index is 12.5. The van der Waals surface area contributed by atoms with E-state index >= 15 is 0 Å². The van der Waals surface area contributed by atoms with Crippen molar-refractivity contribution in [2.45, 2.75) is 13.1 Å². The molecular formula is C11H11ClF3N2S2+. The van der Waals surface area contributed by atoms with Crippen LogP contribution in [0.15, 0.2) is 29.3 Å². The summed E-state index contributed by atoms with van der Waals surface area (Å²) < 4.78 is 39.0. The lowest BCUT2D eigenvalue weighted by Crippen LogP contribution is -2.71. The molecule has 0 fully saturated rings. The van der Waals surface area contributed by atoms with Crippen molar-refractivity contribution in [1.82, 2.24) is 0 Å². The monoisotopic (exact) mass is 327 g/mol. The van der Waals surface area contributed by atoms with Gasteiger partial charge in [-0.1, -0.05) is 29.8 Å². The maximum absolute atomic E-state index is 12.5. The van der Waals surface area contributed by atoms with E-state index in [1.54, 1.807) is 31.2 Å². The molecule has 0 unspecified atom stereocenters. The van der Waals surface area contributed by atoms with Gasteiger partial charge in [0.15, 0.2) is 11.4 Å². The lowest BCUT2D eigenvalue weighted by atomic mass is 10.0. The highest BCUT2D eigenvalue weighted by Gasteiger charge is 2.38. The molecular weight excluding hydrogens is 317 g/mol. The average Bonchev–Trinajstić information content (AvgIpc) is 2.34. The fourth-order valence-corrected chi connectivity index (χ4v) is 2.42. The Bertz CT molecular complexity index is 515. The molecule has 0 spiro atoms.